The summed E-state index contributed by atoms with van der Waals surface area (Å²) in [6, 6.07) is 0. The minimum Gasteiger partial charge on any atom is -0.348 e. The molecule has 0 fully saturated rings. The van der Waals surface area contributed by atoms with Crippen LogP contribution >= 0.6 is 0 Å². The zero-order chi connectivity index (χ0) is 11.4. The highest BCUT2D eigenvalue weighted by Crippen LogP contribution is 2.09. The number of nitrogens with one attached hydrogen (secondary N) is 1. The van der Waals surface area contributed by atoms with E-state index in [1.54, 1.807) is 6.08 Å². The van der Waals surface area contributed by atoms with Crippen molar-refractivity contribution in [1.82, 2.24) is 15.3 Å². The summed E-state index contributed by atoms with van der Waals surface area (Å²) in [6.07, 6.45) is 1.64. The van der Waals surface area contributed by atoms with Gasteiger partial charge in [-0.05, 0) is 20.8 Å². The molecule has 0 aliphatic rings. The summed E-state index contributed by atoms with van der Waals surface area (Å²) in [7, 11) is 0. The third-order valence-electron chi connectivity index (χ3n) is 2.02. The molecule has 0 aliphatic carbocycles. The lowest BCUT2D eigenvalue weighted by molar-refractivity contribution is 0.0956. The average molecular weight is 205 g/mol. The fraction of sp³-hybridized carbons (Fsp3) is 0.364. The first-order chi connectivity index (χ1) is 7.06. The Hall–Kier alpha value is -1.71. The summed E-state index contributed by atoms with van der Waals surface area (Å²) in [5.74, 6) is 0.537. The fourth-order valence-electron chi connectivity index (χ4n) is 1.47. The average Bonchev–Trinajstić information content (AvgIpc) is 2.12. The van der Waals surface area contributed by atoms with Gasteiger partial charge in [0.1, 0.15) is 5.82 Å². The van der Waals surface area contributed by atoms with Crippen molar-refractivity contribution in [1.29, 1.82) is 0 Å². The molecule has 0 bridgehead atoms. The van der Waals surface area contributed by atoms with Crippen molar-refractivity contribution < 1.29 is 4.79 Å². The molecule has 15 heavy (non-hydrogen) atoms. The van der Waals surface area contributed by atoms with Crippen LogP contribution in [0.25, 0.3) is 0 Å². The molecule has 4 nitrogen and oxygen atoms in total. The molecule has 4 heteroatoms. The van der Waals surface area contributed by atoms with E-state index in [-0.39, 0.29) is 5.91 Å². The first-order valence-electron chi connectivity index (χ1n) is 4.77. The Balaban J connectivity index is 3.03. The minimum atomic E-state index is -0.148. The van der Waals surface area contributed by atoms with Crippen LogP contribution in [0.4, 0.5) is 0 Å². The van der Waals surface area contributed by atoms with Gasteiger partial charge in [-0.1, -0.05) is 6.08 Å². The maximum Gasteiger partial charge on any atom is 0.255 e. The fourth-order valence-corrected chi connectivity index (χ4v) is 1.47. The van der Waals surface area contributed by atoms with E-state index in [0.29, 0.717) is 29.3 Å². The molecular formula is C11H15N3O. The molecular weight excluding hydrogens is 190 g/mol. The van der Waals surface area contributed by atoms with Crippen LogP contribution in [-0.4, -0.2) is 22.4 Å². The van der Waals surface area contributed by atoms with Crippen LogP contribution in [0.5, 0.6) is 0 Å². The van der Waals surface area contributed by atoms with E-state index < -0.39 is 0 Å². The van der Waals surface area contributed by atoms with E-state index in [1.165, 1.54) is 0 Å². The Morgan fingerprint density at radius 1 is 1.33 bits per heavy atom. The maximum absolute atomic E-state index is 11.7. The van der Waals surface area contributed by atoms with Gasteiger partial charge in [-0.2, -0.15) is 0 Å². The van der Waals surface area contributed by atoms with Crippen molar-refractivity contribution in [2.75, 3.05) is 6.54 Å². The molecule has 1 rings (SSSR count). The van der Waals surface area contributed by atoms with Gasteiger partial charge in [0.15, 0.2) is 0 Å². The summed E-state index contributed by atoms with van der Waals surface area (Å²) < 4.78 is 0. The SMILES string of the molecule is C=CCNC(=O)c1c(C)nc(C)nc1C. The molecule has 0 aromatic carbocycles. The highest BCUT2D eigenvalue weighted by molar-refractivity contribution is 5.96. The molecule has 0 radical (unpaired) electrons. The van der Waals surface area contributed by atoms with Crippen molar-refractivity contribution in [2.45, 2.75) is 20.8 Å². The van der Waals surface area contributed by atoms with Crippen molar-refractivity contribution in [2.24, 2.45) is 0 Å². The normalized spacial score (nSPS) is 9.80. The highest BCUT2D eigenvalue weighted by Gasteiger charge is 2.13. The largest absolute Gasteiger partial charge is 0.348 e. The van der Waals surface area contributed by atoms with Gasteiger partial charge in [-0.3, -0.25) is 4.79 Å². The molecule has 0 spiro atoms. The second-order valence-electron chi connectivity index (χ2n) is 3.32. The van der Waals surface area contributed by atoms with Crippen LogP contribution in [0.2, 0.25) is 0 Å². The number of amides is 1. The third kappa shape index (κ3) is 2.62. The number of hydrogen-bond acceptors (Lipinski definition) is 3. The van der Waals surface area contributed by atoms with E-state index in [9.17, 15) is 4.79 Å². The molecule has 0 saturated carbocycles. The first kappa shape index (κ1) is 11.4. The smallest absolute Gasteiger partial charge is 0.255 e. The van der Waals surface area contributed by atoms with E-state index in [2.05, 4.69) is 21.9 Å². The topological polar surface area (TPSA) is 54.9 Å². The van der Waals surface area contributed by atoms with Gasteiger partial charge < -0.3 is 5.32 Å². The number of rotatable bonds is 3. The summed E-state index contributed by atoms with van der Waals surface area (Å²) in [5.41, 5.74) is 1.98. The van der Waals surface area contributed by atoms with Gasteiger partial charge >= 0.3 is 0 Å². The number of carbonyl (C=O) groups excluding carboxylic acids is 1. The van der Waals surface area contributed by atoms with Gasteiger partial charge in [0.05, 0.1) is 17.0 Å². The Morgan fingerprint density at radius 3 is 2.33 bits per heavy atom. The van der Waals surface area contributed by atoms with Crippen LogP contribution in [0, 0.1) is 20.8 Å². The van der Waals surface area contributed by atoms with Crippen molar-refractivity contribution in [3.05, 3.63) is 35.4 Å². The second-order valence-corrected chi connectivity index (χ2v) is 3.32. The lowest BCUT2D eigenvalue weighted by Gasteiger charge is -2.08. The van der Waals surface area contributed by atoms with E-state index in [0.717, 1.165) is 0 Å². The Labute approximate surface area is 89.4 Å². The van der Waals surface area contributed by atoms with E-state index in [1.807, 2.05) is 20.8 Å². The van der Waals surface area contributed by atoms with Gasteiger partial charge in [0.2, 0.25) is 0 Å². The lowest BCUT2D eigenvalue weighted by Crippen LogP contribution is -2.26. The second kappa shape index (κ2) is 4.68. The Kier molecular flexibility index (Phi) is 3.55. The summed E-state index contributed by atoms with van der Waals surface area (Å²) in [6.45, 7) is 9.42. The molecule has 1 aromatic rings. The standard InChI is InChI=1S/C11H15N3O/c1-5-6-12-11(15)10-7(2)13-9(4)14-8(10)3/h5H,1,6H2,2-4H3,(H,12,15). The van der Waals surface area contributed by atoms with Crippen molar-refractivity contribution in [3.8, 4) is 0 Å². The molecule has 1 heterocycles. The maximum atomic E-state index is 11.7. The zero-order valence-corrected chi connectivity index (χ0v) is 9.29. The van der Waals surface area contributed by atoms with Crippen LogP contribution < -0.4 is 5.32 Å². The Morgan fingerprint density at radius 2 is 1.87 bits per heavy atom. The number of carbonyl (C=O) groups is 1. The quantitative estimate of drug-likeness (QED) is 0.757. The third-order valence-corrected chi connectivity index (χ3v) is 2.02. The number of aryl methyl sites for hydroxylation is 3. The van der Waals surface area contributed by atoms with Gasteiger partial charge in [-0.25, -0.2) is 9.97 Å². The summed E-state index contributed by atoms with van der Waals surface area (Å²) >= 11 is 0. The predicted octanol–water partition coefficient (Wildman–Crippen LogP) is 1.32. The molecule has 80 valence electrons. The highest BCUT2D eigenvalue weighted by atomic mass is 16.1. The molecule has 0 aliphatic heterocycles. The van der Waals surface area contributed by atoms with Crippen LogP contribution in [-0.2, 0) is 0 Å². The van der Waals surface area contributed by atoms with Crippen molar-refractivity contribution in [3.63, 3.8) is 0 Å². The zero-order valence-electron chi connectivity index (χ0n) is 9.29. The van der Waals surface area contributed by atoms with Crippen LogP contribution in [0.15, 0.2) is 12.7 Å². The van der Waals surface area contributed by atoms with Gasteiger partial charge in [0.25, 0.3) is 5.91 Å². The molecule has 1 N–H and O–H groups in total. The molecule has 1 aromatic heterocycles. The number of hydrogen-bond donors (Lipinski definition) is 1. The van der Waals surface area contributed by atoms with E-state index >= 15 is 0 Å². The van der Waals surface area contributed by atoms with Crippen LogP contribution in [0.3, 0.4) is 0 Å². The van der Waals surface area contributed by atoms with Crippen LogP contribution in [0.1, 0.15) is 27.6 Å². The minimum absolute atomic E-state index is 0.148. The summed E-state index contributed by atoms with van der Waals surface area (Å²) in [4.78, 5) is 20.0. The molecule has 0 atom stereocenters. The lowest BCUT2D eigenvalue weighted by atomic mass is 10.1. The number of nitrogens with zero attached hydrogens (tertiary/aromatic N) is 2. The summed E-state index contributed by atoms with van der Waals surface area (Å²) in [5, 5.41) is 2.71. The first-order valence-corrected chi connectivity index (χ1v) is 4.77. The van der Waals surface area contributed by atoms with Gasteiger partial charge in [-0.15, -0.1) is 6.58 Å². The monoisotopic (exact) mass is 205 g/mol. The molecule has 0 saturated heterocycles. The number of aromatic nitrogens is 2. The Bertz CT molecular complexity index is 376. The van der Waals surface area contributed by atoms with Gasteiger partial charge in [0, 0.05) is 6.54 Å². The van der Waals surface area contributed by atoms with E-state index in [4.69, 9.17) is 0 Å². The molecule has 0 unspecified atom stereocenters. The van der Waals surface area contributed by atoms with Crippen molar-refractivity contribution >= 4 is 5.91 Å². The molecule has 1 amide bonds. The predicted molar refractivity (Wildman–Crippen MR) is 58.8 cm³/mol.